The van der Waals surface area contributed by atoms with E-state index in [4.69, 9.17) is 0 Å². The zero-order chi connectivity index (χ0) is 16.7. The minimum atomic E-state index is -3.64. The van der Waals surface area contributed by atoms with Gasteiger partial charge in [-0.2, -0.15) is 0 Å². The van der Waals surface area contributed by atoms with Crippen molar-refractivity contribution in [3.05, 3.63) is 34.3 Å². The van der Waals surface area contributed by atoms with E-state index in [0.717, 1.165) is 0 Å². The molecule has 1 aromatic carbocycles. The summed E-state index contributed by atoms with van der Waals surface area (Å²) in [6.45, 7) is 5.24. The molecule has 0 radical (unpaired) electrons. The number of imide groups is 1. The quantitative estimate of drug-likeness (QED) is 0.770. The predicted octanol–water partition coefficient (Wildman–Crippen LogP) is 1.53. The van der Waals surface area contributed by atoms with Gasteiger partial charge in [0.25, 0.3) is 11.8 Å². The first-order chi connectivity index (χ1) is 10.0. The minimum absolute atomic E-state index is 0.0904. The average Bonchev–Trinajstić information content (AvgIpc) is 2.60. The summed E-state index contributed by atoms with van der Waals surface area (Å²) < 4.78 is 27.1. The second-order valence-corrected chi connectivity index (χ2v) is 8.33. The van der Waals surface area contributed by atoms with E-state index >= 15 is 0 Å². The average molecular weight is 387 g/mol. The highest BCUT2D eigenvalue weighted by Gasteiger charge is 2.30. The van der Waals surface area contributed by atoms with Crippen molar-refractivity contribution in [3.8, 4) is 0 Å². The maximum atomic E-state index is 12.2. The third kappa shape index (κ3) is 3.45. The van der Waals surface area contributed by atoms with Gasteiger partial charge in [-0.15, -0.1) is 0 Å². The molecule has 0 aliphatic carbocycles. The molecule has 0 aromatic heterocycles. The van der Waals surface area contributed by atoms with E-state index in [1.807, 2.05) is 0 Å². The summed E-state index contributed by atoms with van der Waals surface area (Å²) in [6.07, 6.45) is 0. The number of carbonyl (C=O) groups excluding carboxylic acids is 2. The third-order valence-electron chi connectivity index (χ3n) is 2.77. The van der Waals surface area contributed by atoms with Gasteiger partial charge in [0.1, 0.15) is 0 Å². The molecule has 1 heterocycles. The first-order valence-electron chi connectivity index (χ1n) is 6.41. The Bertz CT molecular complexity index is 774. The standard InChI is InChI=1S/C14H15BrN2O4S/c1-14(2,3)17-22(20,21)9-6-4-8(5-7-9)10-11(15)13(19)16-12(10)18/h4-7,17H,1-3H3,(H,16,18,19). The molecule has 2 amide bonds. The van der Waals surface area contributed by atoms with Crippen LogP contribution in [0.1, 0.15) is 26.3 Å². The van der Waals surface area contributed by atoms with Crippen LogP contribution in [0, 0.1) is 0 Å². The van der Waals surface area contributed by atoms with E-state index in [1.165, 1.54) is 24.3 Å². The zero-order valence-electron chi connectivity index (χ0n) is 12.2. The molecular weight excluding hydrogens is 372 g/mol. The van der Waals surface area contributed by atoms with Gasteiger partial charge in [-0.1, -0.05) is 12.1 Å². The van der Waals surface area contributed by atoms with Crippen molar-refractivity contribution < 1.29 is 18.0 Å². The smallest absolute Gasteiger partial charge is 0.265 e. The molecule has 2 N–H and O–H groups in total. The first-order valence-corrected chi connectivity index (χ1v) is 8.69. The number of hydrogen-bond acceptors (Lipinski definition) is 4. The third-order valence-corrected chi connectivity index (χ3v) is 5.30. The molecule has 0 spiro atoms. The lowest BCUT2D eigenvalue weighted by molar-refractivity contribution is -0.123. The summed E-state index contributed by atoms with van der Waals surface area (Å²) in [5.74, 6) is -1.02. The Hall–Kier alpha value is -1.51. The fourth-order valence-electron chi connectivity index (χ4n) is 1.95. The number of halogens is 1. The maximum Gasteiger partial charge on any atom is 0.265 e. The van der Waals surface area contributed by atoms with Gasteiger partial charge in [-0.3, -0.25) is 14.9 Å². The predicted molar refractivity (Wildman–Crippen MR) is 85.5 cm³/mol. The van der Waals surface area contributed by atoms with Gasteiger partial charge in [0.15, 0.2) is 0 Å². The lowest BCUT2D eigenvalue weighted by Crippen LogP contribution is -2.40. The van der Waals surface area contributed by atoms with Crippen LogP contribution in [0.5, 0.6) is 0 Å². The Balaban J connectivity index is 2.37. The molecule has 0 saturated heterocycles. The lowest BCUT2D eigenvalue weighted by Gasteiger charge is -2.20. The van der Waals surface area contributed by atoms with Gasteiger partial charge in [-0.25, -0.2) is 13.1 Å². The van der Waals surface area contributed by atoms with E-state index < -0.39 is 27.4 Å². The molecule has 1 aromatic rings. The molecule has 0 saturated carbocycles. The molecule has 0 atom stereocenters. The number of carbonyl (C=O) groups is 2. The second-order valence-electron chi connectivity index (χ2n) is 5.85. The fraction of sp³-hybridized carbons (Fsp3) is 0.286. The van der Waals surface area contributed by atoms with E-state index in [2.05, 4.69) is 26.0 Å². The van der Waals surface area contributed by atoms with Crippen LogP contribution in [0.4, 0.5) is 0 Å². The Kier molecular flexibility index (Phi) is 4.29. The minimum Gasteiger partial charge on any atom is -0.288 e. The highest BCUT2D eigenvalue weighted by Crippen LogP contribution is 2.28. The van der Waals surface area contributed by atoms with Crippen LogP contribution < -0.4 is 10.0 Å². The Morgan fingerprint density at radius 3 is 2.00 bits per heavy atom. The summed E-state index contributed by atoms with van der Waals surface area (Å²) in [5, 5.41) is 2.16. The van der Waals surface area contributed by atoms with Crippen molar-refractivity contribution >= 4 is 43.3 Å². The Morgan fingerprint density at radius 1 is 1.05 bits per heavy atom. The molecule has 0 bridgehead atoms. The first kappa shape index (κ1) is 16.9. The normalized spacial score (nSPS) is 16.2. The summed E-state index contributed by atoms with van der Waals surface area (Å²) in [6, 6.07) is 5.78. The number of hydrogen-bond donors (Lipinski definition) is 2. The van der Waals surface area contributed by atoms with E-state index in [9.17, 15) is 18.0 Å². The van der Waals surface area contributed by atoms with Crippen LogP contribution in [-0.2, 0) is 19.6 Å². The van der Waals surface area contributed by atoms with Crippen LogP contribution in [0.25, 0.3) is 5.57 Å². The molecule has 22 heavy (non-hydrogen) atoms. The molecule has 118 valence electrons. The maximum absolute atomic E-state index is 12.2. The topological polar surface area (TPSA) is 92.3 Å². The SMILES string of the molecule is CC(C)(C)NS(=O)(=O)c1ccc(C2=C(Br)C(=O)NC2=O)cc1. The lowest BCUT2D eigenvalue weighted by atomic mass is 10.1. The molecular formula is C14H15BrN2O4S. The van der Waals surface area contributed by atoms with Crippen LogP contribution in [0.2, 0.25) is 0 Å². The van der Waals surface area contributed by atoms with Crippen molar-refractivity contribution in [1.82, 2.24) is 10.0 Å². The Labute approximate surface area is 137 Å². The highest BCUT2D eigenvalue weighted by atomic mass is 79.9. The van der Waals surface area contributed by atoms with Crippen LogP contribution in [0.15, 0.2) is 33.6 Å². The molecule has 1 aliphatic heterocycles. The van der Waals surface area contributed by atoms with Crippen molar-refractivity contribution in [2.75, 3.05) is 0 Å². The number of nitrogens with one attached hydrogen (secondary N) is 2. The summed E-state index contributed by atoms with van der Waals surface area (Å²) in [7, 11) is -3.64. The largest absolute Gasteiger partial charge is 0.288 e. The van der Waals surface area contributed by atoms with Crippen molar-refractivity contribution in [1.29, 1.82) is 0 Å². The molecule has 0 fully saturated rings. The highest BCUT2D eigenvalue weighted by molar-refractivity contribution is 9.12. The molecule has 2 rings (SSSR count). The fourth-order valence-corrected chi connectivity index (χ4v) is 3.88. The molecule has 6 nitrogen and oxygen atoms in total. The number of sulfonamides is 1. The van der Waals surface area contributed by atoms with Gasteiger partial charge in [0, 0.05) is 5.54 Å². The summed E-state index contributed by atoms with van der Waals surface area (Å²) in [5.41, 5.74) is 0.0588. The number of amides is 2. The molecule has 1 aliphatic rings. The number of benzene rings is 1. The van der Waals surface area contributed by atoms with Gasteiger partial charge < -0.3 is 0 Å². The zero-order valence-corrected chi connectivity index (χ0v) is 14.6. The number of rotatable bonds is 3. The van der Waals surface area contributed by atoms with Gasteiger partial charge in [-0.05, 0) is 54.4 Å². The van der Waals surface area contributed by atoms with Crippen molar-refractivity contribution in [3.63, 3.8) is 0 Å². The summed E-state index contributed by atoms with van der Waals surface area (Å²) in [4.78, 5) is 23.2. The van der Waals surface area contributed by atoms with E-state index in [0.29, 0.717) is 5.56 Å². The summed E-state index contributed by atoms with van der Waals surface area (Å²) >= 11 is 3.06. The van der Waals surface area contributed by atoms with Crippen LogP contribution >= 0.6 is 15.9 Å². The second kappa shape index (κ2) is 5.60. The molecule has 0 unspecified atom stereocenters. The van der Waals surface area contributed by atoms with Crippen molar-refractivity contribution in [2.45, 2.75) is 31.2 Å². The van der Waals surface area contributed by atoms with Crippen LogP contribution in [0.3, 0.4) is 0 Å². The Morgan fingerprint density at radius 2 is 1.59 bits per heavy atom. The van der Waals surface area contributed by atoms with Crippen LogP contribution in [-0.4, -0.2) is 25.8 Å². The molecule has 8 heteroatoms. The van der Waals surface area contributed by atoms with E-state index in [1.54, 1.807) is 20.8 Å². The van der Waals surface area contributed by atoms with Gasteiger partial charge in [0.05, 0.1) is 15.0 Å². The van der Waals surface area contributed by atoms with Gasteiger partial charge >= 0.3 is 0 Å². The van der Waals surface area contributed by atoms with Crippen molar-refractivity contribution in [2.24, 2.45) is 0 Å². The van der Waals surface area contributed by atoms with Gasteiger partial charge in [0.2, 0.25) is 10.0 Å². The van der Waals surface area contributed by atoms with E-state index in [-0.39, 0.29) is 15.0 Å². The monoisotopic (exact) mass is 386 g/mol.